The average Bonchev–Trinajstić information content (AvgIpc) is 3.16. The summed E-state index contributed by atoms with van der Waals surface area (Å²) in [4.78, 5) is 20.8. The Morgan fingerprint density at radius 1 is 1.03 bits per heavy atom. The van der Waals surface area contributed by atoms with E-state index >= 15 is 0 Å². The summed E-state index contributed by atoms with van der Waals surface area (Å²) in [7, 11) is 2.24. The molecule has 0 unspecified atom stereocenters. The second-order valence-corrected chi connectivity index (χ2v) is 10.3. The van der Waals surface area contributed by atoms with Crippen molar-refractivity contribution in [2.24, 2.45) is 5.92 Å². The van der Waals surface area contributed by atoms with Crippen molar-refractivity contribution in [1.82, 2.24) is 24.8 Å². The predicted octanol–water partition coefficient (Wildman–Crippen LogP) is 5.96. The highest BCUT2D eigenvalue weighted by molar-refractivity contribution is 5.83. The number of nitrogens with one attached hydrogen (secondary N) is 1. The summed E-state index contributed by atoms with van der Waals surface area (Å²) in [6.45, 7) is 6.80. The monoisotopic (exact) mass is 431 g/mol. The van der Waals surface area contributed by atoms with Gasteiger partial charge in [0, 0.05) is 18.5 Å². The number of rotatable bonds is 7. The van der Waals surface area contributed by atoms with Crippen LogP contribution in [0.5, 0.6) is 0 Å². The van der Waals surface area contributed by atoms with Crippen LogP contribution in [0.2, 0.25) is 0 Å². The molecular formula is C27H37N5. The van der Waals surface area contributed by atoms with Gasteiger partial charge in [0.1, 0.15) is 11.6 Å². The van der Waals surface area contributed by atoms with E-state index in [4.69, 9.17) is 15.0 Å². The number of aromatic nitrogens is 4. The molecule has 1 saturated heterocycles. The van der Waals surface area contributed by atoms with Gasteiger partial charge in [-0.05, 0) is 89.2 Å². The fraction of sp³-hybridized carbons (Fsp3) is 0.593. The molecule has 1 saturated carbocycles. The molecule has 2 fully saturated rings. The first-order chi connectivity index (χ1) is 15.6. The van der Waals surface area contributed by atoms with Crippen molar-refractivity contribution in [2.75, 3.05) is 20.1 Å². The van der Waals surface area contributed by atoms with Crippen LogP contribution in [-0.2, 0) is 6.42 Å². The Bertz CT molecular complexity index is 1070. The Labute approximate surface area is 192 Å². The first kappa shape index (κ1) is 21.6. The third kappa shape index (κ3) is 4.59. The highest BCUT2D eigenvalue weighted by Crippen LogP contribution is 2.39. The van der Waals surface area contributed by atoms with Gasteiger partial charge in [-0.1, -0.05) is 25.3 Å². The number of aryl methyl sites for hydroxylation is 3. The number of likely N-dealkylation sites (tertiary alicyclic amines) is 1. The Hall–Kier alpha value is -2.27. The lowest BCUT2D eigenvalue weighted by Crippen LogP contribution is -2.30. The van der Waals surface area contributed by atoms with Crippen LogP contribution in [0.1, 0.15) is 79.9 Å². The van der Waals surface area contributed by atoms with Crippen molar-refractivity contribution < 1.29 is 0 Å². The quantitative estimate of drug-likeness (QED) is 0.469. The molecular weight excluding hydrogens is 394 g/mol. The SMILES string of the molecule is Cc1cc(C)c2nc(-c3cnc(CCCCC4CCN(C)CC4)nc3C3CCC3)[nH]c2c1. The topological polar surface area (TPSA) is 57.7 Å². The summed E-state index contributed by atoms with van der Waals surface area (Å²) in [6, 6.07) is 4.38. The van der Waals surface area contributed by atoms with Crippen LogP contribution in [0.15, 0.2) is 18.3 Å². The zero-order valence-electron chi connectivity index (χ0n) is 20.0. The number of benzene rings is 1. The van der Waals surface area contributed by atoms with Crippen molar-refractivity contribution in [3.05, 3.63) is 41.0 Å². The zero-order valence-corrected chi connectivity index (χ0v) is 20.0. The average molecular weight is 432 g/mol. The molecule has 1 aromatic carbocycles. The maximum absolute atomic E-state index is 5.10. The van der Waals surface area contributed by atoms with Crippen LogP contribution in [-0.4, -0.2) is 45.0 Å². The Morgan fingerprint density at radius 2 is 1.84 bits per heavy atom. The van der Waals surface area contributed by atoms with Gasteiger partial charge in [-0.25, -0.2) is 15.0 Å². The maximum atomic E-state index is 5.10. The molecule has 0 bridgehead atoms. The van der Waals surface area contributed by atoms with Crippen molar-refractivity contribution in [3.63, 3.8) is 0 Å². The zero-order chi connectivity index (χ0) is 22.1. The summed E-state index contributed by atoms with van der Waals surface area (Å²) in [5.41, 5.74) is 6.95. The van der Waals surface area contributed by atoms with Gasteiger partial charge in [-0.2, -0.15) is 0 Å². The molecule has 2 aliphatic rings. The molecule has 1 aliphatic heterocycles. The minimum Gasteiger partial charge on any atom is -0.338 e. The van der Waals surface area contributed by atoms with Crippen LogP contribution in [0, 0.1) is 19.8 Å². The number of unbranched alkanes of at least 4 members (excludes halogenated alkanes) is 1. The van der Waals surface area contributed by atoms with E-state index in [-0.39, 0.29) is 0 Å². The third-order valence-electron chi connectivity index (χ3n) is 7.64. The first-order valence-electron chi connectivity index (χ1n) is 12.6. The van der Waals surface area contributed by atoms with E-state index in [0.717, 1.165) is 40.6 Å². The van der Waals surface area contributed by atoms with E-state index in [1.54, 1.807) is 0 Å². The molecule has 170 valence electrons. The molecule has 0 amide bonds. The maximum Gasteiger partial charge on any atom is 0.141 e. The van der Waals surface area contributed by atoms with Gasteiger partial charge in [0.25, 0.3) is 0 Å². The van der Waals surface area contributed by atoms with E-state index < -0.39 is 0 Å². The molecule has 0 spiro atoms. The number of aromatic amines is 1. The van der Waals surface area contributed by atoms with Gasteiger partial charge in [-0.3, -0.25) is 0 Å². The van der Waals surface area contributed by atoms with E-state index in [0.29, 0.717) is 5.92 Å². The Balaban J connectivity index is 1.30. The van der Waals surface area contributed by atoms with E-state index in [9.17, 15) is 0 Å². The summed E-state index contributed by atoms with van der Waals surface area (Å²) in [6.07, 6.45) is 13.4. The lowest BCUT2D eigenvalue weighted by Gasteiger charge is -2.28. The predicted molar refractivity (Wildman–Crippen MR) is 131 cm³/mol. The molecule has 0 radical (unpaired) electrons. The smallest absolute Gasteiger partial charge is 0.141 e. The van der Waals surface area contributed by atoms with Gasteiger partial charge >= 0.3 is 0 Å². The number of imidazole rings is 1. The minimum absolute atomic E-state index is 0.557. The van der Waals surface area contributed by atoms with Gasteiger partial charge in [-0.15, -0.1) is 0 Å². The van der Waals surface area contributed by atoms with Crippen molar-refractivity contribution in [3.8, 4) is 11.4 Å². The highest BCUT2D eigenvalue weighted by Gasteiger charge is 2.26. The number of hydrogen-bond donors (Lipinski definition) is 1. The van der Waals surface area contributed by atoms with Crippen molar-refractivity contribution >= 4 is 11.0 Å². The standard InChI is InChI=1S/C27H37N5/c1-18-15-19(2)25-23(16-18)29-27(31-25)22-17-28-24(30-26(22)21-8-6-9-21)10-5-4-7-20-11-13-32(3)14-12-20/h15-17,20-21H,4-14H2,1-3H3,(H,29,31). The van der Waals surface area contributed by atoms with Crippen molar-refractivity contribution in [1.29, 1.82) is 0 Å². The van der Waals surface area contributed by atoms with Crippen LogP contribution in [0.4, 0.5) is 0 Å². The van der Waals surface area contributed by atoms with Gasteiger partial charge in [0.2, 0.25) is 0 Å². The fourth-order valence-corrected chi connectivity index (χ4v) is 5.39. The lowest BCUT2D eigenvalue weighted by atomic mass is 9.81. The summed E-state index contributed by atoms with van der Waals surface area (Å²) >= 11 is 0. The molecule has 5 heteroatoms. The molecule has 5 rings (SSSR count). The number of nitrogens with zero attached hydrogens (tertiary/aromatic N) is 4. The van der Waals surface area contributed by atoms with Crippen LogP contribution in [0.25, 0.3) is 22.4 Å². The number of fused-ring (bicyclic) bond motifs is 1. The third-order valence-corrected chi connectivity index (χ3v) is 7.64. The molecule has 5 nitrogen and oxygen atoms in total. The second kappa shape index (κ2) is 9.30. The molecule has 0 atom stereocenters. The van der Waals surface area contributed by atoms with Crippen LogP contribution >= 0.6 is 0 Å². The van der Waals surface area contributed by atoms with E-state index in [2.05, 4.69) is 42.9 Å². The van der Waals surface area contributed by atoms with Crippen molar-refractivity contribution in [2.45, 2.75) is 77.6 Å². The summed E-state index contributed by atoms with van der Waals surface area (Å²) in [5, 5.41) is 0. The molecule has 2 aromatic heterocycles. The number of hydrogen-bond acceptors (Lipinski definition) is 4. The normalized spacial score (nSPS) is 18.3. The first-order valence-corrected chi connectivity index (χ1v) is 12.6. The van der Waals surface area contributed by atoms with E-state index in [1.165, 1.54) is 81.3 Å². The molecule has 32 heavy (non-hydrogen) atoms. The van der Waals surface area contributed by atoms with Gasteiger partial charge < -0.3 is 9.88 Å². The number of piperidine rings is 1. The van der Waals surface area contributed by atoms with Crippen LogP contribution in [0.3, 0.4) is 0 Å². The Kier molecular flexibility index (Phi) is 6.27. The van der Waals surface area contributed by atoms with Crippen LogP contribution < -0.4 is 0 Å². The minimum atomic E-state index is 0.557. The lowest BCUT2D eigenvalue weighted by molar-refractivity contribution is 0.209. The fourth-order valence-electron chi connectivity index (χ4n) is 5.39. The molecule has 3 heterocycles. The largest absolute Gasteiger partial charge is 0.338 e. The Morgan fingerprint density at radius 3 is 2.59 bits per heavy atom. The number of H-pyrrole nitrogens is 1. The second-order valence-electron chi connectivity index (χ2n) is 10.3. The molecule has 1 aliphatic carbocycles. The van der Waals surface area contributed by atoms with Gasteiger partial charge in [0.05, 0.1) is 22.3 Å². The summed E-state index contributed by atoms with van der Waals surface area (Å²) in [5.74, 6) is 3.41. The van der Waals surface area contributed by atoms with E-state index in [1.807, 2.05) is 6.20 Å². The summed E-state index contributed by atoms with van der Waals surface area (Å²) < 4.78 is 0. The van der Waals surface area contributed by atoms with Gasteiger partial charge in [0.15, 0.2) is 0 Å². The molecule has 1 N–H and O–H groups in total. The highest BCUT2D eigenvalue weighted by atomic mass is 15.1. The molecule has 3 aromatic rings.